The minimum Gasteiger partial charge on any atom is -0.381 e. The quantitative estimate of drug-likeness (QED) is 0.498. The number of anilines is 1. The number of hydrogen-bond donors (Lipinski definition) is 2. The van der Waals surface area contributed by atoms with Crippen molar-refractivity contribution >= 4 is 21.5 Å². The molecule has 0 spiro atoms. The van der Waals surface area contributed by atoms with Crippen molar-refractivity contribution in [1.29, 1.82) is 0 Å². The number of sulfonamides is 1. The third-order valence-electron chi connectivity index (χ3n) is 7.76. The van der Waals surface area contributed by atoms with Crippen molar-refractivity contribution in [2.45, 2.75) is 42.8 Å². The highest BCUT2D eigenvalue weighted by Gasteiger charge is 2.69. The molecule has 13 heteroatoms. The van der Waals surface area contributed by atoms with E-state index in [0.717, 1.165) is 58.3 Å². The second-order valence-corrected chi connectivity index (χ2v) is 12.3. The number of aryl methyl sites for hydroxylation is 1. The van der Waals surface area contributed by atoms with E-state index in [0.29, 0.717) is 16.8 Å². The Balaban J connectivity index is 1.25. The first-order chi connectivity index (χ1) is 17.4. The summed E-state index contributed by atoms with van der Waals surface area (Å²) in [6, 6.07) is 4.62. The van der Waals surface area contributed by atoms with E-state index in [1.54, 1.807) is 13.0 Å². The molecule has 7 rings (SSSR count). The Morgan fingerprint density at radius 1 is 1.19 bits per heavy atom. The molecule has 1 saturated heterocycles. The van der Waals surface area contributed by atoms with Crippen molar-refractivity contribution in [2.24, 2.45) is 5.41 Å². The number of nitrogens with zero attached hydrogens (tertiary/aromatic N) is 4. The molecule has 3 N–H and O–H groups in total. The van der Waals surface area contributed by atoms with E-state index in [1.807, 2.05) is 0 Å². The number of rotatable bonds is 6. The van der Waals surface area contributed by atoms with Gasteiger partial charge in [0, 0.05) is 36.9 Å². The van der Waals surface area contributed by atoms with Crippen LogP contribution in [-0.4, -0.2) is 66.1 Å². The lowest BCUT2D eigenvalue weighted by Crippen LogP contribution is -2.76. The zero-order chi connectivity index (χ0) is 26.2. The standard InChI is InChI=1S/C24H27F3N6O3S/c1-15-2-3-16(8-17(15)18-9-29-21-20(28)30-19(10-33(18)21)24(25,26)27)37(34,35)31-23-11-22(12-23,13-23)14-32-4-6-36-7-5-32/h2-3,8-10,31H,4-7,11-14H2,1H3,(H2,28,30). The van der Waals surface area contributed by atoms with Crippen LogP contribution >= 0.6 is 0 Å². The van der Waals surface area contributed by atoms with E-state index in [9.17, 15) is 21.6 Å². The van der Waals surface area contributed by atoms with E-state index < -0.39 is 27.4 Å². The van der Waals surface area contributed by atoms with Crippen LogP contribution in [0, 0.1) is 12.3 Å². The molecule has 4 aliphatic rings. The summed E-state index contributed by atoms with van der Waals surface area (Å²) < 4.78 is 76.3. The zero-order valence-corrected chi connectivity index (χ0v) is 21.0. The van der Waals surface area contributed by atoms with Gasteiger partial charge in [-0.3, -0.25) is 9.30 Å². The van der Waals surface area contributed by atoms with Gasteiger partial charge >= 0.3 is 6.18 Å². The average Bonchev–Trinajstić information content (AvgIpc) is 3.21. The summed E-state index contributed by atoms with van der Waals surface area (Å²) in [4.78, 5) is 9.98. The predicted octanol–water partition coefficient (Wildman–Crippen LogP) is 2.84. The van der Waals surface area contributed by atoms with Crippen LogP contribution in [0.25, 0.3) is 16.9 Å². The Kier molecular flexibility index (Phi) is 5.40. The molecular formula is C24H27F3N6O3S. The molecule has 0 radical (unpaired) electrons. The fourth-order valence-electron chi connectivity index (χ4n) is 6.24. The van der Waals surface area contributed by atoms with Gasteiger partial charge in [-0.15, -0.1) is 0 Å². The normalized spacial score (nSPS) is 26.2. The van der Waals surface area contributed by atoms with Crippen LogP contribution in [0.3, 0.4) is 0 Å². The van der Waals surface area contributed by atoms with Crippen molar-refractivity contribution in [1.82, 2.24) is 24.0 Å². The minimum atomic E-state index is -4.70. The summed E-state index contributed by atoms with van der Waals surface area (Å²) in [6.45, 7) is 5.99. The number of benzene rings is 1. The Labute approximate surface area is 211 Å². The van der Waals surface area contributed by atoms with Gasteiger partial charge in [-0.1, -0.05) is 6.07 Å². The number of morpholine rings is 1. The van der Waals surface area contributed by atoms with Crippen LogP contribution in [0.1, 0.15) is 30.5 Å². The Bertz CT molecular complexity index is 1480. The van der Waals surface area contributed by atoms with Gasteiger partial charge in [-0.05, 0) is 49.3 Å². The molecular weight excluding hydrogens is 509 g/mol. The molecule has 198 valence electrons. The number of nitrogens with one attached hydrogen (secondary N) is 1. The lowest BCUT2D eigenvalue weighted by atomic mass is 9.39. The summed E-state index contributed by atoms with van der Waals surface area (Å²) >= 11 is 0. The average molecular weight is 537 g/mol. The first kappa shape index (κ1) is 24.6. The highest BCUT2D eigenvalue weighted by molar-refractivity contribution is 7.89. The maximum absolute atomic E-state index is 13.4. The zero-order valence-electron chi connectivity index (χ0n) is 20.2. The van der Waals surface area contributed by atoms with E-state index in [1.165, 1.54) is 22.7 Å². The van der Waals surface area contributed by atoms with Gasteiger partial charge in [-0.25, -0.2) is 23.1 Å². The van der Waals surface area contributed by atoms with Crippen LogP contribution in [0.15, 0.2) is 35.5 Å². The SMILES string of the molecule is Cc1ccc(S(=O)(=O)NC23CC(CN4CCOCC4)(C2)C3)cc1-c1cnc2c(N)nc(C(F)(F)F)cn12. The molecule has 2 bridgehead atoms. The molecule has 4 fully saturated rings. The molecule has 37 heavy (non-hydrogen) atoms. The topological polar surface area (TPSA) is 115 Å². The van der Waals surface area contributed by atoms with E-state index in [-0.39, 0.29) is 21.8 Å². The highest BCUT2D eigenvalue weighted by atomic mass is 32.2. The predicted molar refractivity (Wildman–Crippen MR) is 129 cm³/mol. The van der Waals surface area contributed by atoms with Gasteiger partial charge in [0.1, 0.15) is 0 Å². The number of hydrogen-bond acceptors (Lipinski definition) is 7. The second kappa shape index (κ2) is 8.13. The van der Waals surface area contributed by atoms with Gasteiger partial charge in [0.15, 0.2) is 17.2 Å². The fraction of sp³-hybridized carbons (Fsp3) is 0.500. The summed E-state index contributed by atoms with van der Waals surface area (Å²) in [5.41, 5.74) is 5.79. The van der Waals surface area contributed by atoms with Crippen LogP contribution in [0.5, 0.6) is 0 Å². The van der Waals surface area contributed by atoms with Crippen molar-refractivity contribution in [3.05, 3.63) is 41.9 Å². The number of ether oxygens (including phenoxy) is 1. The minimum absolute atomic E-state index is 0.0491. The van der Waals surface area contributed by atoms with E-state index >= 15 is 0 Å². The maximum atomic E-state index is 13.4. The van der Waals surface area contributed by atoms with Gasteiger partial charge in [-0.2, -0.15) is 13.2 Å². The highest BCUT2D eigenvalue weighted by Crippen LogP contribution is 2.67. The molecule has 1 aliphatic heterocycles. The molecule has 3 heterocycles. The third kappa shape index (κ3) is 4.17. The summed E-state index contributed by atoms with van der Waals surface area (Å²) in [6.07, 6.45) is -0.103. The van der Waals surface area contributed by atoms with Crippen molar-refractivity contribution in [3.63, 3.8) is 0 Å². The number of aromatic nitrogens is 3. The van der Waals surface area contributed by atoms with Crippen molar-refractivity contribution in [3.8, 4) is 11.3 Å². The lowest BCUT2D eigenvalue weighted by Gasteiger charge is -2.71. The number of alkyl halides is 3. The number of imidazole rings is 1. The van der Waals surface area contributed by atoms with Crippen LogP contribution in [-0.2, 0) is 20.9 Å². The molecule has 1 aromatic carbocycles. The number of nitrogen functional groups attached to an aromatic ring is 1. The van der Waals surface area contributed by atoms with Crippen molar-refractivity contribution in [2.75, 3.05) is 38.6 Å². The fourth-order valence-corrected chi connectivity index (χ4v) is 7.67. The summed E-state index contributed by atoms with van der Waals surface area (Å²) in [5.74, 6) is -0.362. The van der Waals surface area contributed by atoms with Gasteiger partial charge in [0.25, 0.3) is 0 Å². The molecule has 0 amide bonds. The first-order valence-electron chi connectivity index (χ1n) is 12.0. The van der Waals surface area contributed by atoms with Crippen LogP contribution in [0.4, 0.5) is 19.0 Å². The molecule has 3 saturated carbocycles. The third-order valence-corrected chi connectivity index (χ3v) is 9.33. The Hall–Kier alpha value is -2.74. The largest absolute Gasteiger partial charge is 0.434 e. The molecule has 3 aliphatic carbocycles. The Morgan fingerprint density at radius 2 is 1.89 bits per heavy atom. The van der Waals surface area contributed by atoms with E-state index in [4.69, 9.17) is 10.5 Å². The number of nitrogens with two attached hydrogens (primary N) is 1. The molecule has 0 atom stereocenters. The molecule has 0 unspecified atom stereocenters. The molecule has 9 nitrogen and oxygen atoms in total. The molecule has 3 aromatic rings. The Morgan fingerprint density at radius 3 is 2.57 bits per heavy atom. The van der Waals surface area contributed by atoms with Gasteiger partial charge in [0.2, 0.25) is 10.0 Å². The monoisotopic (exact) mass is 536 g/mol. The van der Waals surface area contributed by atoms with Gasteiger partial charge < -0.3 is 10.5 Å². The summed E-state index contributed by atoms with van der Waals surface area (Å²) in [5, 5.41) is 0. The second-order valence-electron chi connectivity index (χ2n) is 10.6. The van der Waals surface area contributed by atoms with E-state index in [2.05, 4.69) is 19.6 Å². The van der Waals surface area contributed by atoms with Crippen LogP contribution in [0.2, 0.25) is 0 Å². The smallest absolute Gasteiger partial charge is 0.381 e. The summed E-state index contributed by atoms with van der Waals surface area (Å²) in [7, 11) is -3.85. The lowest BCUT2D eigenvalue weighted by molar-refractivity contribution is -0.161. The number of halogens is 3. The van der Waals surface area contributed by atoms with Gasteiger partial charge in [0.05, 0.1) is 30.0 Å². The number of fused-ring (bicyclic) bond motifs is 1. The van der Waals surface area contributed by atoms with Crippen LogP contribution < -0.4 is 10.5 Å². The maximum Gasteiger partial charge on any atom is 0.434 e. The van der Waals surface area contributed by atoms with Crippen molar-refractivity contribution < 1.29 is 26.3 Å². The first-order valence-corrected chi connectivity index (χ1v) is 13.5. The molecule has 2 aromatic heterocycles.